The number of ether oxygens (including phenoxy) is 2. The van der Waals surface area contributed by atoms with Crippen LogP contribution < -0.4 is 5.32 Å². The SMILES string of the molecule is CC(C)OC(=O)N1CCC(Nc2cccc(Sc3ccc(/C=C/C(=O)N4CCOCC4)c(C(F)(F)F)c3C(F)(F)F)c2)CC1. The maximum atomic E-state index is 14.3. The number of carbonyl (C=O) groups is 2. The van der Waals surface area contributed by atoms with Gasteiger partial charge in [0.25, 0.3) is 0 Å². The van der Waals surface area contributed by atoms with E-state index in [1.54, 1.807) is 36.9 Å². The van der Waals surface area contributed by atoms with E-state index in [4.69, 9.17) is 9.47 Å². The van der Waals surface area contributed by atoms with Crippen LogP contribution in [-0.2, 0) is 26.6 Å². The maximum Gasteiger partial charge on any atom is 0.418 e. The van der Waals surface area contributed by atoms with Gasteiger partial charge in [-0.05, 0) is 62.6 Å². The van der Waals surface area contributed by atoms with E-state index in [9.17, 15) is 35.9 Å². The standard InChI is InChI=1S/C30H33F6N3O4S/c1-19(2)43-28(41)39-12-10-21(11-13-39)37-22-4-3-5-23(18-22)44-24-8-6-20(7-9-25(40)38-14-16-42-17-15-38)26(29(31,32)33)27(24)30(34,35)36/h3-9,18-19,21,37H,10-17H2,1-2H3/b9-7+. The number of hydrogen-bond acceptors (Lipinski definition) is 6. The highest BCUT2D eigenvalue weighted by atomic mass is 32.2. The van der Waals surface area contributed by atoms with Crippen LogP contribution in [0.3, 0.4) is 0 Å². The van der Waals surface area contributed by atoms with Gasteiger partial charge in [-0.3, -0.25) is 4.79 Å². The number of rotatable bonds is 7. The molecule has 44 heavy (non-hydrogen) atoms. The Morgan fingerprint density at radius 3 is 2.23 bits per heavy atom. The van der Waals surface area contributed by atoms with Gasteiger partial charge in [-0.15, -0.1) is 0 Å². The van der Waals surface area contributed by atoms with Crippen molar-refractivity contribution >= 4 is 35.5 Å². The first-order valence-corrected chi connectivity index (χ1v) is 14.9. The summed E-state index contributed by atoms with van der Waals surface area (Å²) in [5.74, 6) is -0.612. The molecule has 0 spiro atoms. The molecule has 14 heteroatoms. The van der Waals surface area contributed by atoms with Crippen LogP contribution in [0.5, 0.6) is 0 Å². The molecular formula is C30H33F6N3O4S. The summed E-state index contributed by atoms with van der Waals surface area (Å²) >= 11 is 0.571. The third-order valence-corrected chi connectivity index (χ3v) is 8.07. The highest BCUT2D eigenvalue weighted by molar-refractivity contribution is 7.99. The number of morpholine rings is 1. The monoisotopic (exact) mass is 645 g/mol. The molecule has 2 amide bonds. The summed E-state index contributed by atoms with van der Waals surface area (Å²) in [4.78, 5) is 27.2. The number of benzene rings is 2. The van der Waals surface area contributed by atoms with Crippen LogP contribution in [0.25, 0.3) is 6.08 Å². The Balaban J connectivity index is 1.54. The van der Waals surface area contributed by atoms with Crippen molar-refractivity contribution in [3.8, 4) is 0 Å². The number of carbonyl (C=O) groups excluding carboxylic acids is 2. The molecule has 0 saturated carbocycles. The highest BCUT2D eigenvalue weighted by Gasteiger charge is 2.46. The first kappa shape index (κ1) is 33.5. The van der Waals surface area contributed by atoms with E-state index in [0.717, 1.165) is 24.3 Å². The molecule has 7 nitrogen and oxygen atoms in total. The van der Waals surface area contributed by atoms with Gasteiger partial charge in [0, 0.05) is 53.8 Å². The molecule has 2 aliphatic heterocycles. The predicted molar refractivity (Wildman–Crippen MR) is 153 cm³/mol. The van der Waals surface area contributed by atoms with E-state index in [1.165, 1.54) is 11.0 Å². The molecule has 2 heterocycles. The molecule has 2 saturated heterocycles. The number of likely N-dealkylation sites (tertiary alicyclic amines) is 1. The normalized spacial score (nSPS) is 16.9. The van der Waals surface area contributed by atoms with Crippen LogP contribution in [-0.4, -0.2) is 73.3 Å². The number of alkyl halides is 6. The van der Waals surface area contributed by atoms with Crippen molar-refractivity contribution in [3.63, 3.8) is 0 Å². The maximum absolute atomic E-state index is 14.3. The number of nitrogens with one attached hydrogen (secondary N) is 1. The van der Waals surface area contributed by atoms with Crippen LogP contribution in [0.2, 0.25) is 0 Å². The minimum Gasteiger partial charge on any atom is -0.447 e. The molecule has 2 fully saturated rings. The number of nitrogens with zero attached hydrogens (tertiary/aromatic N) is 2. The Labute approximate surface area is 255 Å². The summed E-state index contributed by atoms with van der Waals surface area (Å²) in [6.07, 6.45) is -8.43. The molecule has 0 radical (unpaired) electrons. The molecule has 0 unspecified atom stereocenters. The van der Waals surface area contributed by atoms with Crippen molar-refractivity contribution in [1.29, 1.82) is 0 Å². The zero-order valence-corrected chi connectivity index (χ0v) is 25.0. The summed E-state index contributed by atoms with van der Waals surface area (Å²) in [5.41, 5.74) is -3.83. The topological polar surface area (TPSA) is 71.1 Å². The molecule has 0 aliphatic carbocycles. The van der Waals surface area contributed by atoms with Gasteiger partial charge in [0.15, 0.2) is 0 Å². The molecule has 0 bridgehead atoms. The summed E-state index contributed by atoms with van der Waals surface area (Å²) < 4.78 is 95.8. The lowest BCUT2D eigenvalue weighted by Gasteiger charge is -2.32. The summed E-state index contributed by atoms with van der Waals surface area (Å²) in [7, 11) is 0. The largest absolute Gasteiger partial charge is 0.447 e. The second-order valence-electron chi connectivity index (χ2n) is 10.6. The molecule has 0 aromatic heterocycles. The quantitative estimate of drug-likeness (QED) is 0.255. The lowest BCUT2D eigenvalue weighted by molar-refractivity contribution is -0.163. The van der Waals surface area contributed by atoms with Crippen LogP contribution in [0.15, 0.2) is 52.3 Å². The summed E-state index contributed by atoms with van der Waals surface area (Å²) in [6, 6.07) is 8.33. The molecule has 2 aromatic rings. The molecule has 240 valence electrons. The predicted octanol–water partition coefficient (Wildman–Crippen LogP) is 7.17. The first-order chi connectivity index (χ1) is 20.7. The highest BCUT2D eigenvalue weighted by Crippen LogP contribution is 2.48. The Hall–Kier alpha value is -3.39. The van der Waals surface area contributed by atoms with Crippen LogP contribution in [0.4, 0.5) is 36.8 Å². The first-order valence-electron chi connectivity index (χ1n) is 14.1. The van der Waals surface area contributed by atoms with Gasteiger partial charge in [0.05, 0.1) is 30.4 Å². The Morgan fingerprint density at radius 1 is 0.955 bits per heavy atom. The molecule has 2 aliphatic rings. The van der Waals surface area contributed by atoms with E-state index in [2.05, 4.69) is 5.32 Å². The average molecular weight is 646 g/mol. The Morgan fingerprint density at radius 2 is 1.61 bits per heavy atom. The Kier molecular flexibility index (Phi) is 10.8. The fourth-order valence-corrected chi connectivity index (χ4v) is 6.00. The fourth-order valence-electron chi connectivity index (χ4n) is 4.96. The molecule has 4 rings (SSSR count). The van der Waals surface area contributed by atoms with Gasteiger partial charge in [-0.1, -0.05) is 23.9 Å². The minimum absolute atomic E-state index is 0.0211. The van der Waals surface area contributed by atoms with Crippen molar-refractivity contribution in [2.45, 2.75) is 61.0 Å². The second-order valence-corrected chi connectivity index (χ2v) is 11.8. The van der Waals surface area contributed by atoms with Crippen molar-refractivity contribution in [3.05, 3.63) is 59.2 Å². The van der Waals surface area contributed by atoms with Crippen molar-refractivity contribution in [2.75, 3.05) is 44.7 Å². The number of piperidine rings is 1. The van der Waals surface area contributed by atoms with Crippen LogP contribution >= 0.6 is 11.8 Å². The smallest absolute Gasteiger partial charge is 0.418 e. The van der Waals surface area contributed by atoms with E-state index in [0.29, 0.717) is 48.3 Å². The number of halogens is 6. The van der Waals surface area contributed by atoms with Crippen LogP contribution in [0.1, 0.15) is 43.4 Å². The average Bonchev–Trinajstić information content (AvgIpc) is 2.95. The van der Waals surface area contributed by atoms with Gasteiger partial charge in [-0.25, -0.2) is 4.79 Å². The lowest BCUT2D eigenvalue weighted by atomic mass is 9.99. The lowest BCUT2D eigenvalue weighted by Crippen LogP contribution is -2.43. The van der Waals surface area contributed by atoms with Gasteiger partial charge < -0.3 is 24.6 Å². The van der Waals surface area contributed by atoms with E-state index < -0.39 is 39.8 Å². The van der Waals surface area contributed by atoms with E-state index in [-0.39, 0.29) is 44.5 Å². The third kappa shape index (κ3) is 8.84. The fraction of sp³-hybridized carbons (Fsp3) is 0.467. The number of anilines is 1. The zero-order valence-electron chi connectivity index (χ0n) is 24.1. The molecule has 0 atom stereocenters. The van der Waals surface area contributed by atoms with Crippen molar-refractivity contribution in [2.24, 2.45) is 0 Å². The van der Waals surface area contributed by atoms with Gasteiger partial charge in [0.2, 0.25) is 5.91 Å². The van der Waals surface area contributed by atoms with Gasteiger partial charge in [0.1, 0.15) is 0 Å². The molecule has 1 N–H and O–H groups in total. The number of hydrogen-bond donors (Lipinski definition) is 1. The van der Waals surface area contributed by atoms with Gasteiger partial charge in [-0.2, -0.15) is 26.3 Å². The zero-order chi connectivity index (χ0) is 32.1. The second kappa shape index (κ2) is 14.1. The molecular weight excluding hydrogens is 612 g/mol. The minimum atomic E-state index is -5.34. The van der Waals surface area contributed by atoms with Crippen molar-refractivity contribution in [1.82, 2.24) is 9.80 Å². The van der Waals surface area contributed by atoms with E-state index >= 15 is 0 Å². The number of amides is 2. The van der Waals surface area contributed by atoms with Crippen LogP contribution in [0, 0.1) is 0 Å². The van der Waals surface area contributed by atoms with Gasteiger partial charge >= 0.3 is 18.4 Å². The third-order valence-electron chi connectivity index (χ3n) is 7.02. The van der Waals surface area contributed by atoms with Crippen molar-refractivity contribution < 1.29 is 45.4 Å². The summed E-state index contributed by atoms with van der Waals surface area (Å²) in [5, 5.41) is 3.30. The Bertz CT molecular complexity index is 1350. The molecule has 2 aromatic carbocycles. The van der Waals surface area contributed by atoms with E-state index in [1.807, 2.05) is 0 Å². The summed E-state index contributed by atoms with van der Waals surface area (Å²) in [6.45, 7) is 5.46.